The maximum Gasteiger partial charge on any atom is 0.0654 e. The predicted octanol–water partition coefficient (Wildman–Crippen LogP) is 4.93. The van der Waals surface area contributed by atoms with Gasteiger partial charge in [0.15, 0.2) is 0 Å². The summed E-state index contributed by atoms with van der Waals surface area (Å²) in [6.07, 6.45) is 15.4. The van der Waals surface area contributed by atoms with E-state index >= 15 is 0 Å². The van der Waals surface area contributed by atoms with E-state index in [2.05, 4.69) is 45.1 Å². The molecule has 2 heteroatoms. The number of allylic oxidation sites excluding steroid dienone is 4. The van der Waals surface area contributed by atoms with E-state index in [4.69, 9.17) is 0 Å². The number of aliphatic hydroxyl groups is 2. The van der Waals surface area contributed by atoms with Gasteiger partial charge in [-0.25, -0.2) is 0 Å². The summed E-state index contributed by atoms with van der Waals surface area (Å²) in [4.78, 5) is 0. The van der Waals surface area contributed by atoms with Crippen LogP contribution in [0.25, 0.3) is 0 Å². The fourth-order valence-corrected chi connectivity index (χ4v) is 2.96. The summed E-state index contributed by atoms with van der Waals surface area (Å²) in [6, 6.07) is 0. The third-order valence-electron chi connectivity index (χ3n) is 4.62. The van der Waals surface area contributed by atoms with Gasteiger partial charge in [0.2, 0.25) is 0 Å². The predicted molar refractivity (Wildman–Crippen MR) is 94.8 cm³/mol. The van der Waals surface area contributed by atoms with Crippen LogP contribution in [0.3, 0.4) is 0 Å². The van der Waals surface area contributed by atoms with Gasteiger partial charge in [0.25, 0.3) is 0 Å². The Kier molecular flexibility index (Phi) is 7.58. The fourth-order valence-electron chi connectivity index (χ4n) is 2.96. The van der Waals surface area contributed by atoms with Gasteiger partial charge in [-0.3, -0.25) is 0 Å². The summed E-state index contributed by atoms with van der Waals surface area (Å²) in [5.41, 5.74) is 1.92. The largest absolute Gasteiger partial charge is 0.392 e. The van der Waals surface area contributed by atoms with Crippen molar-refractivity contribution in [2.24, 2.45) is 5.41 Å². The molecule has 0 saturated carbocycles. The Balaban J connectivity index is 2.89. The lowest BCUT2D eigenvalue weighted by molar-refractivity contribution is 0.0517. The molecule has 0 amide bonds. The van der Waals surface area contributed by atoms with Crippen LogP contribution in [0, 0.1) is 5.41 Å². The van der Waals surface area contributed by atoms with E-state index in [1.165, 1.54) is 5.57 Å². The van der Waals surface area contributed by atoms with E-state index in [0.29, 0.717) is 6.42 Å². The number of hydrogen-bond donors (Lipinski definition) is 2. The molecule has 0 heterocycles. The van der Waals surface area contributed by atoms with Crippen molar-refractivity contribution < 1.29 is 10.2 Å². The number of hydrogen-bond acceptors (Lipinski definition) is 2. The van der Waals surface area contributed by atoms with Gasteiger partial charge < -0.3 is 10.2 Å². The molecule has 2 N–H and O–H groups in total. The van der Waals surface area contributed by atoms with Crippen molar-refractivity contribution in [3.63, 3.8) is 0 Å². The minimum atomic E-state index is -0.637. The quantitative estimate of drug-likeness (QED) is 0.723. The molecule has 0 radical (unpaired) electrons. The van der Waals surface area contributed by atoms with Gasteiger partial charge in [-0.05, 0) is 76.7 Å². The van der Waals surface area contributed by atoms with Crippen LogP contribution in [0.1, 0.15) is 72.6 Å². The SMILES string of the molecule is CC(C)=CCC[C@]1(C)/C=C\C[C@](C)(O)CCC/C(CO)=C\C1. The highest BCUT2D eigenvalue weighted by Gasteiger charge is 2.23. The van der Waals surface area contributed by atoms with Crippen molar-refractivity contribution in [3.8, 4) is 0 Å². The zero-order chi connectivity index (χ0) is 16.6. The topological polar surface area (TPSA) is 40.5 Å². The van der Waals surface area contributed by atoms with Crippen LogP contribution in [-0.2, 0) is 0 Å². The molecule has 0 aromatic carbocycles. The molecule has 126 valence electrons. The second-order valence-electron chi connectivity index (χ2n) is 7.66. The molecule has 0 aliphatic heterocycles. The van der Waals surface area contributed by atoms with Crippen LogP contribution >= 0.6 is 0 Å². The molecule has 0 aromatic heterocycles. The highest BCUT2D eigenvalue weighted by Crippen LogP contribution is 2.33. The third kappa shape index (κ3) is 7.42. The molecule has 0 fully saturated rings. The molecule has 2 nitrogen and oxygen atoms in total. The first kappa shape index (κ1) is 19.2. The van der Waals surface area contributed by atoms with Gasteiger partial charge in [-0.2, -0.15) is 0 Å². The fraction of sp³-hybridized carbons (Fsp3) is 0.700. The molecule has 1 aliphatic carbocycles. The van der Waals surface area contributed by atoms with Crippen LogP contribution < -0.4 is 0 Å². The minimum absolute atomic E-state index is 0.0901. The second kappa shape index (κ2) is 8.69. The molecule has 0 spiro atoms. The van der Waals surface area contributed by atoms with E-state index in [1.807, 2.05) is 6.92 Å². The van der Waals surface area contributed by atoms with Crippen LogP contribution in [0.5, 0.6) is 0 Å². The molecular formula is C20H34O2. The van der Waals surface area contributed by atoms with E-state index in [-0.39, 0.29) is 12.0 Å². The zero-order valence-corrected chi connectivity index (χ0v) is 14.9. The van der Waals surface area contributed by atoms with Gasteiger partial charge in [0, 0.05) is 0 Å². The number of rotatable bonds is 4. The maximum absolute atomic E-state index is 10.4. The Morgan fingerprint density at radius 2 is 2.00 bits per heavy atom. The number of aliphatic hydroxyl groups excluding tert-OH is 1. The first-order valence-electron chi connectivity index (χ1n) is 8.59. The summed E-state index contributed by atoms with van der Waals surface area (Å²) in [5, 5.41) is 20.0. The summed E-state index contributed by atoms with van der Waals surface area (Å²) < 4.78 is 0. The summed E-state index contributed by atoms with van der Waals surface area (Å²) in [7, 11) is 0. The van der Waals surface area contributed by atoms with Crippen molar-refractivity contribution in [2.45, 2.75) is 78.2 Å². The average Bonchev–Trinajstić information content (AvgIpc) is 2.43. The van der Waals surface area contributed by atoms with Crippen molar-refractivity contribution in [2.75, 3.05) is 6.61 Å². The zero-order valence-electron chi connectivity index (χ0n) is 14.9. The van der Waals surface area contributed by atoms with Crippen LogP contribution in [0.4, 0.5) is 0 Å². The molecule has 0 saturated heterocycles. The Morgan fingerprint density at radius 3 is 2.64 bits per heavy atom. The van der Waals surface area contributed by atoms with Crippen molar-refractivity contribution >= 4 is 0 Å². The molecule has 1 rings (SSSR count). The molecule has 0 unspecified atom stereocenters. The van der Waals surface area contributed by atoms with E-state index in [1.54, 1.807) is 0 Å². The Hall–Kier alpha value is -0.860. The van der Waals surface area contributed by atoms with Gasteiger partial charge in [-0.1, -0.05) is 36.8 Å². The third-order valence-corrected chi connectivity index (χ3v) is 4.62. The summed E-state index contributed by atoms with van der Waals surface area (Å²) in [6.45, 7) is 8.60. The summed E-state index contributed by atoms with van der Waals surface area (Å²) in [5.74, 6) is 0. The monoisotopic (exact) mass is 306 g/mol. The summed E-state index contributed by atoms with van der Waals surface area (Å²) >= 11 is 0. The Bertz CT molecular complexity index is 425. The lowest BCUT2D eigenvalue weighted by Gasteiger charge is -2.25. The van der Waals surface area contributed by atoms with Crippen LogP contribution in [0.15, 0.2) is 35.5 Å². The standard InChI is InChI=1S/C20H34O2/c1-17(2)8-5-11-19(3)12-7-14-20(4,22)13-6-9-18(16-21)10-15-19/h7-8,10,12,21-22H,5-6,9,11,13-16H2,1-4H3/b12-7-,18-10+/t19-,20-/m1/s1. The lowest BCUT2D eigenvalue weighted by atomic mass is 9.80. The van der Waals surface area contributed by atoms with Gasteiger partial charge in [0.1, 0.15) is 0 Å². The first-order chi connectivity index (χ1) is 10.3. The van der Waals surface area contributed by atoms with Crippen LogP contribution in [0.2, 0.25) is 0 Å². The highest BCUT2D eigenvalue weighted by molar-refractivity contribution is 5.10. The van der Waals surface area contributed by atoms with E-state index < -0.39 is 5.60 Å². The molecule has 1 aliphatic rings. The van der Waals surface area contributed by atoms with Gasteiger partial charge in [-0.15, -0.1) is 0 Å². The minimum Gasteiger partial charge on any atom is -0.392 e. The molecule has 22 heavy (non-hydrogen) atoms. The molecule has 0 bridgehead atoms. The average molecular weight is 306 g/mol. The van der Waals surface area contributed by atoms with Crippen LogP contribution in [-0.4, -0.2) is 22.4 Å². The van der Waals surface area contributed by atoms with Crippen molar-refractivity contribution in [1.82, 2.24) is 0 Å². The van der Waals surface area contributed by atoms with E-state index in [0.717, 1.165) is 44.1 Å². The smallest absolute Gasteiger partial charge is 0.0654 e. The normalized spacial score (nSPS) is 34.2. The first-order valence-corrected chi connectivity index (χ1v) is 8.59. The molecular weight excluding hydrogens is 272 g/mol. The lowest BCUT2D eigenvalue weighted by Crippen LogP contribution is -2.23. The highest BCUT2D eigenvalue weighted by atomic mass is 16.3. The van der Waals surface area contributed by atoms with Gasteiger partial charge >= 0.3 is 0 Å². The second-order valence-corrected chi connectivity index (χ2v) is 7.66. The van der Waals surface area contributed by atoms with E-state index in [9.17, 15) is 10.2 Å². The Morgan fingerprint density at radius 1 is 1.27 bits per heavy atom. The van der Waals surface area contributed by atoms with Gasteiger partial charge in [0.05, 0.1) is 12.2 Å². The Labute approximate surface area is 136 Å². The maximum atomic E-state index is 10.4. The van der Waals surface area contributed by atoms with Crippen molar-refractivity contribution in [1.29, 1.82) is 0 Å². The van der Waals surface area contributed by atoms with Crippen molar-refractivity contribution in [3.05, 3.63) is 35.5 Å². The molecule has 0 aromatic rings. The molecule has 2 atom stereocenters.